The van der Waals surface area contributed by atoms with Crippen LogP contribution in [0.5, 0.6) is 0 Å². The van der Waals surface area contributed by atoms with Gasteiger partial charge in [0.25, 0.3) is 15.0 Å². The molecule has 1 atom stereocenters. The van der Waals surface area contributed by atoms with Crippen molar-refractivity contribution in [2.75, 3.05) is 6.54 Å². The zero-order valence-electron chi connectivity index (χ0n) is 10.7. The van der Waals surface area contributed by atoms with E-state index >= 15 is 0 Å². The molecule has 0 N–H and O–H groups in total. The Hall–Kier alpha value is -1.07. The molecule has 6 heteroatoms. The number of hydrogen-bond acceptors (Lipinski definition) is 3. The Morgan fingerprint density at radius 3 is 2.74 bits per heavy atom. The predicted molar refractivity (Wildman–Crippen MR) is 73.8 cm³/mol. The monoisotopic (exact) mass is 301 g/mol. The molecule has 1 unspecified atom stereocenters. The zero-order chi connectivity index (χ0) is 14.0. The van der Waals surface area contributed by atoms with Crippen molar-refractivity contribution in [3.05, 3.63) is 29.8 Å². The summed E-state index contributed by atoms with van der Waals surface area (Å²) in [6, 6.07) is 6.29. The van der Waals surface area contributed by atoms with Gasteiger partial charge >= 0.3 is 0 Å². The van der Waals surface area contributed by atoms with Crippen molar-refractivity contribution in [2.45, 2.75) is 37.1 Å². The van der Waals surface area contributed by atoms with Gasteiger partial charge in [0.1, 0.15) is 0 Å². The minimum Gasteiger partial charge on any atom is -0.336 e. The van der Waals surface area contributed by atoms with E-state index in [0.29, 0.717) is 6.54 Å². The first-order chi connectivity index (χ1) is 8.95. The Morgan fingerprint density at radius 2 is 2.11 bits per heavy atom. The van der Waals surface area contributed by atoms with E-state index in [1.54, 1.807) is 17.0 Å². The predicted octanol–water partition coefficient (Wildman–Crippen LogP) is 2.63. The van der Waals surface area contributed by atoms with Crippen molar-refractivity contribution in [2.24, 2.45) is 0 Å². The van der Waals surface area contributed by atoms with Gasteiger partial charge in [0.05, 0.1) is 10.5 Å². The van der Waals surface area contributed by atoms with Crippen molar-refractivity contribution in [1.82, 2.24) is 4.90 Å². The molecule has 19 heavy (non-hydrogen) atoms. The largest absolute Gasteiger partial charge is 0.336 e. The molecule has 4 nitrogen and oxygen atoms in total. The maximum absolute atomic E-state index is 12.5. The van der Waals surface area contributed by atoms with Gasteiger partial charge in [-0.15, -0.1) is 0 Å². The van der Waals surface area contributed by atoms with Crippen LogP contribution in [0.4, 0.5) is 0 Å². The lowest BCUT2D eigenvalue weighted by Gasteiger charge is -2.24. The first-order valence-corrected chi connectivity index (χ1v) is 8.60. The standard InChI is InChI=1S/C13H16ClNO3S/c1-2-10-6-5-9-15(10)13(16)11-7-3-4-8-12(11)19(14,17)18/h3-4,7-8,10H,2,5-6,9H2,1H3. The summed E-state index contributed by atoms with van der Waals surface area (Å²) in [5.41, 5.74) is 0.165. The molecule has 1 amide bonds. The second kappa shape index (κ2) is 5.51. The lowest BCUT2D eigenvalue weighted by molar-refractivity contribution is 0.0730. The molecule has 1 heterocycles. The molecule has 1 fully saturated rings. The molecule has 1 aromatic carbocycles. The van der Waals surface area contributed by atoms with Crippen LogP contribution in [0.3, 0.4) is 0 Å². The Labute approximate surface area is 117 Å². The number of carbonyl (C=O) groups is 1. The SMILES string of the molecule is CCC1CCCN1C(=O)c1ccccc1S(=O)(=O)Cl. The van der Waals surface area contributed by atoms with E-state index in [1.807, 2.05) is 6.92 Å². The Balaban J connectivity index is 2.40. The number of benzene rings is 1. The zero-order valence-corrected chi connectivity index (χ0v) is 12.2. The van der Waals surface area contributed by atoms with Crippen molar-refractivity contribution >= 4 is 25.6 Å². The molecule has 0 spiro atoms. The van der Waals surface area contributed by atoms with Gasteiger partial charge in [0, 0.05) is 23.3 Å². The number of amides is 1. The highest BCUT2D eigenvalue weighted by atomic mass is 35.7. The average Bonchev–Trinajstić information content (AvgIpc) is 2.85. The van der Waals surface area contributed by atoms with Crippen molar-refractivity contribution in [3.63, 3.8) is 0 Å². The molecule has 1 aromatic rings. The first kappa shape index (κ1) is 14.3. The van der Waals surface area contributed by atoms with Crippen LogP contribution in [0.2, 0.25) is 0 Å². The first-order valence-electron chi connectivity index (χ1n) is 6.29. The Kier molecular flexibility index (Phi) is 4.16. The highest BCUT2D eigenvalue weighted by Crippen LogP contribution is 2.26. The summed E-state index contributed by atoms with van der Waals surface area (Å²) in [5.74, 6) is -0.246. The van der Waals surface area contributed by atoms with Crippen LogP contribution in [-0.2, 0) is 9.05 Å². The van der Waals surface area contributed by atoms with Gasteiger partial charge in [0.15, 0.2) is 0 Å². The summed E-state index contributed by atoms with van der Waals surface area (Å²) in [5, 5.41) is 0. The summed E-state index contributed by atoms with van der Waals surface area (Å²) in [6.45, 7) is 2.70. The number of nitrogens with zero attached hydrogens (tertiary/aromatic N) is 1. The van der Waals surface area contributed by atoms with Crippen LogP contribution in [0.1, 0.15) is 36.5 Å². The second-order valence-corrected chi connectivity index (χ2v) is 7.17. The van der Waals surface area contributed by atoms with Gasteiger partial charge in [-0.2, -0.15) is 0 Å². The van der Waals surface area contributed by atoms with Crippen LogP contribution in [-0.4, -0.2) is 31.8 Å². The number of likely N-dealkylation sites (tertiary alicyclic amines) is 1. The average molecular weight is 302 g/mol. The third kappa shape index (κ3) is 2.92. The number of carbonyl (C=O) groups excluding carboxylic acids is 1. The van der Waals surface area contributed by atoms with Crippen LogP contribution in [0.25, 0.3) is 0 Å². The Bertz CT molecular complexity index is 585. The fraction of sp³-hybridized carbons (Fsp3) is 0.462. The maximum Gasteiger partial charge on any atom is 0.262 e. The van der Waals surface area contributed by atoms with Gasteiger partial charge in [0.2, 0.25) is 0 Å². The topological polar surface area (TPSA) is 54.5 Å². The lowest BCUT2D eigenvalue weighted by Crippen LogP contribution is -2.35. The molecule has 0 saturated carbocycles. The van der Waals surface area contributed by atoms with E-state index in [-0.39, 0.29) is 22.4 Å². The van der Waals surface area contributed by atoms with E-state index in [4.69, 9.17) is 10.7 Å². The lowest BCUT2D eigenvalue weighted by atomic mass is 10.1. The molecule has 0 bridgehead atoms. The number of rotatable bonds is 3. The van der Waals surface area contributed by atoms with E-state index < -0.39 is 9.05 Å². The van der Waals surface area contributed by atoms with Crippen LogP contribution < -0.4 is 0 Å². The number of hydrogen-bond donors (Lipinski definition) is 0. The normalized spacial score (nSPS) is 19.7. The smallest absolute Gasteiger partial charge is 0.262 e. The molecular weight excluding hydrogens is 286 g/mol. The molecule has 0 aliphatic carbocycles. The molecule has 2 rings (SSSR count). The fourth-order valence-electron chi connectivity index (χ4n) is 2.54. The quantitative estimate of drug-likeness (QED) is 0.807. The van der Waals surface area contributed by atoms with Gasteiger partial charge in [-0.05, 0) is 31.4 Å². The highest BCUT2D eigenvalue weighted by Gasteiger charge is 2.30. The molecule has 1 aliphatic rings. The molecule has 0 aromatic heterocycles. The van der Waals surface area contributed by atoms with Gasteiger partial charge in [-0.25, -0.2) is 8.42 Å². The molecule has 104 valence electrons. The van der Waals surface area contributed by atoms with Crippen LogP contribution in [0.15, 0.2) is 29.2 Å². The molecular formula is C13H16ClNO3S. The van der Waals surface area contributed by atoms with Crippen molar-refractivity contribution < 1.29 is 13.2 Å². The second-order valence-electron chi connectivity index (χ2n) is 4.64. The van der Waals surface area contributed by atoms with E-state index in [2.05, 4.69) is 0 Å². The highest BCUT2D eigenvalue weighted by molar-refractivity contribution is 8.13. The van der Waals surface area contributed by atoms with E-state index in [9.17, 15) is 13.2 Å². The van der Waals surface area contributed by atoms with Crippen LogP contribution in [0, 0.1) is 0 Å². The maximum atomic E-state index is 12.5. The van der Waals surface area contributed by atoms with Crippen LogP contribution >= 0.6 is 10.7 Å². The number of halogens is 1. The third-order valence-corrected chi connectivity index (χ3v) is 4.87. The third-order valence-electron chi connectivity index (χ3n) is 3.49. The van der Waals surface area contributed by atoms with Crippen molar-refractivity contribution in [3.8, 4) is 0 Å². The molecule has 1 saturated heterocycles. The molecule has 0 radical (unpaired) electrons. The summed E-state index contributed by atoms with van der Waals surface area (Å²) in [6.07, 6.45) is 2.81. The summed E-state index contributed by atoms with van der Waals surface area (Å²) in [4.78, 5) is 14.1. The van der Waals surface area contributed by atoms with Gasteiger partial charge in [-0.1, -0.05) is 19.1 Å². The minimum atomic E-state index is -3.91. The minimum absolute atomic E-state index is 0.108. The fourth-order valence-corrected chi connectivity index (χ4v) is 3.60. The van der Waals surface area contributed by atoms with Crippen molar-refractivity contribution in [1.29, 1.82) is 0 Å². The van der Waals surface area contributed by atoms with E-state index in [0.717, 1.165) is 19.3 Å². The van der Waals surface area contributed by atoms with Gasteiger partial charge < -0.3 is 4.90 Å². The summed E-state index contributed by atoms with van der Waals surface area (Å²) < 4.78 is 23.0. The molecule has 1 aliphatic heterocycles. The van der Waals surface area contributed by atoms with E-state index in [1.165, 1.54) is 12.1 Å². The van der Waals surface area contributed by atoms with Gasteiger partial charge in [-0.3, -0.25) is 4.79 Å². The Morgan fingerprint density at radius 1 is 1.42 bits per heavy atom. The summed E-state index contributed by atoms with van der Waals surface area (Å²) in [7, 11) is 1.48. The summed E-state index contributed by atoms with van der Waals surface area (Å²) >= 11 is 0.